The molecule has 0 spiro atoms. The molecule has 0 aliphatic carbocycles. The standard InChI is InChI=1S/C18H20N6O2/c1-9-6-5-7-20-13(9)8-21-17(25)15-16(19)24-14(11(3)22-15)18-23-10(2)12(4)26-18/h5-7H,8H2,1-4H3,(H2,19,24)(H,21,25). The maximum atomic E-state index is 12.4. The number of hydrogen-bond donors (Lipinski definition) is 2. The van der Waals surface area contributed by atoms with Crippen LogP contribution in [0.15, 0.2) is 22.7 Å². The Kier molecular flexibility index (Phi) is 4.66. The predicted molar refractivity (Wildman–Crippen MR) is 96.3 cm³/mol. The second-order valence-electron chi connectivity index (χ2n) is 6.00. The van der Waals surface area contributed by atoms with E-state index in [1.807, 2.05) is 32.9 Å². The zero-order chi connectivity index (χ0) is 18.8. The molecule has 3 aromatic rings. The van der Waals surface area contributed by atoms with Crippen molar-refractivity contribution in [3.63, 3.8) is 0 Å². The molecule has 26 heavy (non-hydrogen) atoms. The van der Waals surface area contributed by atoms with Crippen molar-refractivity contribution in [3.05, 3.63) is 52.4 Å². The number of rotatable bonds is 4. The molecule has 134 valence electrons. The highest BCUT2D eigenvalue weighted by atomic mass is 16.4. The number of nitrogens with one attached hydrogen (secondary N) is 1. The summed E-state index contributed by atoms with van der Waals surface area (Å²) in [6, 6.07) is 3.78. The Labute approximate surface area is 150 Å². The summed E-state index contributed by atoms with van der Waals surface area (Å²) >= 11 is 0. The Morgan fingerprint density at radius 2 is 1.92 bits per heavy atom. The van der Waals surface area contributed by atoms with E-state index in [-0.39, 0.29) is 18.1 Å². The number of oxazole rings is 1. The zero-order valence-corrected chi connectivity index (χ0v) is 15.1. The molecule has 8 nitrogen and oxygen atoms in total. The molecule has 3 heterocycles. The van der Waals surface area contributed by atoms with Crippen LogP contribution in [-0.2, 0) is 6.54 Å². The second-order valence-corrected chi connectivity index (χ2v) is 6.00. The van der Waals surface area contributed by atoms with Gasteiger partial charge in [-0.25, -0.2) is 15.0 Å². The number of amides is 1. The van der Waals surface area contributed by atoms with Gasteiger partial charge >= 0.3 is 0 Å². The van der Waals surface area contributed by atoms with Crippen LogP contribution >= 0.6 is 0 Å². The van der Waals surface area contributed by atoms with Gasteiger partial charge in [0, 0.05) is 6.20 Å². The fourth-order valence-corrected chi connectivity index (χ4v) is 2.43. The van der Waals surface area contributed by atoms with Gasteiger partial charge in [0.25, 0.3) is 5.91 Å². The highest BCUT2D eigenvalue weighted by Gasteiger charge is 2.20. The fourth-order valence-electron chi connectivity index (χ4n) is 2.43. The SMILES string of the molecule is Cc1cccnc1CNC(=O)c1nc(C)c(-c2nc(C)c(C)o2)nc1N. The molecule has 0 radical (unpaired) electrons. The minimum Gasteiger partial charge on any atom is -0.440 e. The first kappa shape index (κ1) is 17.5. The van der Waals surface area contributed by atoms with Gasteiger partial charge in [-0.05, 0) is 39.3 Å². The van der Waals surface area contributed by atoms with Gasteiger partial charge in [-0.2, -0.15) is 0 Å². The van der Waals surface area contributed by atoms with Gasteiger partial charge in [0.15, 0.2) is 11.5 Å². The third-order valence-corrected chi connectivity index (χ3v) is 4.08. The van der Waals surface area contributed by atoms with E-state index in [2.05, 4.69) is 25.3 Å². The quantitative estimate of drug-likeness (QED) is 0.739. The van der Waals surface area contributed by atoms with Crippen molar-refractivity contribution >= 4 is 11.7 Å². The molecule has 3 N–H and O–H groups in total. The summed E-state index contributed by atoms with van der Waals surface area (Å²) in [6.07, 6.45) is 1.68. The van der Waals surface area contributed by atoms with Gasteiger partial charge in [-0.3, -0.25) is 9.78 Å². The lowest BCUT2D eigenvalue weighted by Crippen LogP contribution is -2.26. The Hall–Kier alpha value is -3.29. The number of aromatic nitrogens is 4. The lowest BCUT2D eigenvalue weighted by molar-refractivity contribution is 0.0946. The van der Waals surface area contributed by atoms with E-state index in [9.17, 15) is 4.79 Å². The van der Waals surface area contributed by atoms with Crippen LogP contribution in [0.2, 0.25) is 0 Å². The van der Waals surface area contributed by atoms with E-state index in [0.717, 1.165) is 17.0 Å². The maximum Gasteiger partial charge on any atom is 0.274 e. The second kappa shape index (κ2) is 6.91. The number of nitrogens with zero attached hydrogens (tertiary/aromatic N) is 4. The Bertz CT molecular complexity index is 960. The highest BCUT2D eigenvalue weighted by molar-refractivity contribution is 5.96. The number of carbonyl (C=O) groups is 1. The summed E-state index contributed by atoms with van der Waals surface area (Å²) in [5, 5.41) is 2.77. The zero-order valence-electron chi connectivity index (χ0n) is 15.1. The third kappa shape index (κ3) is 3.39. The molecule has 3 rings (SSSR count). The average Bonchev–Trinajstić information content (AvgIpc) is 2.94. The van der Waals surface area contributed by atoms with Gasteiger partial charge in [-0.1, -0.05) is 6.07 Å². The number of nitrogens with two attached hydrogens (primary N) is 1. The van der Waals surface area contributed by atoms with E-state index >= 15 is 0 Å². The largest absolute Gasteiger partial charge is 0.440 e. The molecule has 0 atom stereocenters. The summed E-state index contributed by atoms with van der Waals surface area (Å²) in [7, 11) is 0. The smallest absolute Gasteiger partial charge is 0.274 e. The first-order chi connectivity index (χ1) is 12.4. The van der Waals surface area contributed by atoms with Crippen molar-refractivity contribution in [3.8, 4) is 11.6 Å². The molecule has 0 aliphatic rings. The van der Waals surface area contributed by atoms with Crippen molar-refractivity contribution in [2.24, 2.45) is 0 Å². The Morgan fingerprint density at radius 1 is 1.15 bits per heavy atom. The van der Waals surface area contributed by atoms with Crippen LogP contribution < -0.4 is 11.1 Å². The molecule has 1 amide bonds. The van der Waals surface area contributed by atoms with Crippen LogP contribution in [0.1, 0.15) is 38.9 Å². The number of carbonyl (C=O) groups excluding carboxylic acids is 1. The summed E-state index contributed by atoms with van der Waals surface area (Å²) in [5.41, 5.74) is 9.51. The normalized spacial score (nSPS) is 10.8. The minimum atomic E-state index is -0.408. The summed E-state index contributed by atoms with van der Waals surface area (Å²) < 4.78 is 5.58. The highest BCUT2D eigenvalue weighted by Crippen LogP contribution is 2.23. The molecule has 0 saturated heterocycles. The van der Waals surface area contributed by atoms with Gasteiger partial charge in [-0.15, -0.1) is 0 Å². The molecule has 0 saturated carbocycles. The monoisotopic (exact) mass is 352 g/mol. The fraction of sp³-hybridized carbons (Fsp3) is 0.278. The van der Waals surface area contributed by atoms with Gasteiger partial charge in [0.1, 0.15) is 11.5 Å². The van der Waals surface area contributed by atoms with Gasteiger partial charge in [0.05, 0.1) is 23.6 Å². The number of aryl methyl sites for hydroxylation is 4. The van der Waals surface area contributed by atoms with E-state index < -0.39 is 5.91 Å². The van der Waals surface area contributed by atoms with Crippen LogP contribution in [0.25, 0.3) is 11.6 Å². The summed E-state index contributed by atoms with van der Waals surface area (Å²) in [5.74, 6) is 0.656. The minimum absolute atomic E-state index is 0.0225. The molecular weight excluding hydrogens is 332 g/mol. The van der Waals surface area contributed by atoms with Crippen LogP contribution in [-0.4, -0.2) is 25.8 Å². The third-order valence-electron chi connectivity index (χ3n) is 4.08. The number of nitrogen functional groups attached to an aromatic ring is 1. The van der Waals surface area contributed by atoms with Gasteiger partial charge < -0.3 is 15.5 Å². The van der Waals surface area contributed by atoms with E-state index in [1.165, 1.54) is 0 Å². The van der Waals surface area contributed by atoms with Crippen LogP contribution in [0.3, 0.4) is 0 Å². The van der Waals surface area contributed by atoms with Crippen molar-refractivity contribution in [2.75, 3.05) is 5.73 Å². The number of hydrogen-bond acceptors (Lipinski definition) is 7. The van der Waals surface area contributed by atoms with Crippen molar-refractivity contribution in [2.45, 2.75) is 34.2 Å². The molecule has 3 aromatic heterocycles. The predicted octanol–water partition coefficient (Wildman–Crippen LogP) is 2.27. The first-order valence-electron chi connectivity index (χ1n) is 8.14. The van der Waals surface area contributed by atoms with Crippen molar-refractivity contribution in [1.82, 2.24) is 25.3 Å². The molecule has 8 heteroatoms. The van der Waals surface area contributed by atoms with E-state index in [0.29, 0.717) is 23.0 Å². The molecule has 0 fully saturated rings. The summed E-state index contributed by atoms with van der Waals surface area (Å²) in [6.45, 7) is 7.61. The summed E-state index contributed by atoms with van der Waals surface area (Å²) in [4.78, 5) is 29.6. The lowest BCUT2D eigenvalue weighted by Gasteiger charge is -2.09. The van der Waals surface area contributed by atoms with Crippen LogP contribution in [0.4, 0.5) is 5.82 Å². The van der Waals surface area contributed by atoms with Crippen molar-refractivity contribution < 1.29 is 9.21 Å². The Balaban J connectivity index is 1.83. The first-order valence-corrected chi connectivity index (χ1v) is 8.14. The van der Waals surface area contributed by atoms with Crippen molar-refractivity contribution in [1.29, 1.82) is 0 Å². The molecule has 0 aliphatic heterocycles. The van der Waals surface area contributed by atoms with Crippen LogP contribution in [0.5, 0.6) is 0 Å². The van der Waals surface area contributed by atoms with E-state index in [4.69, 9.17) is 10.2 Å². The molecule has 0 unspecified atom stereocenters. The molecular formula is C18H20N6O2. The topological polar surface area (TPSA) is 120 Å². The molecule has 0 bridgehead atoms. The Morgan fingerprint density at radius 3 is 2.58 bits per heavy atom. The van der Waals surface area contributed by atoms with Gasteiger partial charge in [0.2, 0.25) is 5.89 Å². The number of pyridine rings is 1. The lowest BCUT2D eigenvalue weighted by atomic mass is 10.2. The maximum absolute atomic E-state index is 12.4. The van der Waals surface area contributed by atoms with Crippen LogP contribution in [0, 0.1) is 27.7 Å². The number of anilines is 1. The molecule has 0 aromatic carbocycles. The average molecular weight is 352 g/mol. The van der Waals surface area contributed by atoms with E-state index in [1.54, 1.807) is 13.1 Å².